The summed E-state index contributed by atoms with van der Waals surface area (Å²) in [6.07, 6.45) is -2.71. The number of fused-ring (bicyclic) bond motifs is 1. The summed E-state index contributed by atoms with van der Waals surface area (Å²) in [5, 5.41) is 4.71. The van der Waals surface area contributed by atoms with E-state index in [1.807, 2.05) is 0 Å². The fourth-order valence-corrected chi connectivity index (χ4v) is 2.69. The highest BCUT2D eigenvalue weighted by atomic mass is 32.1. The van der Waals surface area contributed by atoms with Gasteiger partial charge in [0, 0.05) is 23.3 Å². The van der Waals surface area contributed by atoms with E-state index in [1.165, 1.54) is 33.9 Å². The predicted molar refractivity (Wildman–Crippen MR) is 78.1 cm³/mol. The molecule has 8 heteroatoms. The van der Waals surface area contributed by atoms with Crippen LogP contribution in [0.2, 0.25) is 0 Å². The summed E-state index contributed by atoms with van der Waals surface area (Å²) in [5.41, 5.74) is 0.179. The van der Waals surface area contributed by atoms with Gasteiger partial charge in [0.2, 0.25) is 0 Å². The van der Waals surface area contributed by atoms with Crippen molar-refractivity contribution in [2.75, 3.05) is 5.32 Å². The molecule has 4 nitrogen and oxygen atoms in total. The predicted octanol–water partition coefficient (Wildman–Crippen LogP) is 3.39. The Kier molecular flexibility index (Phi) is 3.61. The second kappa shape index (κ2) is 5.45. The smallest absolute Gasteiger partial charge is 0.379 e. The third-order valence-corrected chi connectivity index (χ3v) is 3.80. The first-order valence-corrected chi connectivity index (χ1v) is 7.18. The van der Waals surface area contributed by atoms with Crippen molar-refractivity contribution in [2.45, 2.75) is 12.7 Å². The first-order valence-electron chi connectivity index (χ1n) is 6.30. The van der Waals surface area contributed by atoms with Crippen LogP contribution in [-0.4, -0.2) is 9.38 Å². The molecule has 0 saturated carbocycles. The average molecular weight is 325 g/mol. The maximum atomic E-state index is 12.5. The van der Waals surface area contributed by atoms with E-state index >= 15 is 0 Å². The maximum absolute atomic E-state index is 12.5. The number of rotatable bonds is 3. The summed E-state index contributed by atoms with van der Waals surface area (Å²) >= 11 is 1.34. The van der Waals surface area contributed by atoms with E-state index in [0.717, 1.165) is 12.1 Å². The Morgan fingerprint density at radius 2 is 1.95 bits per heavy atom. The average Bonchev–Trinajstić information content (AvgIpc) is 2.93. The summed E-state index contributed by atoms with van der Waals surface area (Å²) in [7, 11) is 0. The lowest BCUT2D eigenvalue weighted by atomic mass is 10.2. The van der Waals surface area contributed by atoms with Gasteiger partial charge in [-0.1, -0.05) is 0 Å². The monoisotopic (exact) mass is 325 g/mol. The summed E-state index contributed by atoms with van der Waals surface area (Å²) in [5.74, 6) is 0. The quantitative estimate of drug-likeness (QED) is 0.803. The molecule has 3 aromatic rings. The lowest BCUT2D eigenvalue weighted by molar-refractivity contribution is -0.137. The minimum atomic E-state index is -4.35. The Balaban J connectivity index is 1.75. The van der Waals surface area contributed by atoms with Crippen molar-refractivity contribution >= 4 is 22.0 Å². The van der Waals surface area contributed by atoms with Gasteiger partial charge in [-0.05, 0) is 24.3 Å². The Morgan fingerprint density at radius 1 is 1.23 bits per heavy atom. The van der Waals surface area contributed by atoms with Crippen LogP contribution in [0.5, 0.6) is 0 Å². The zero-order chi connectivity index (χ0) is 15.7. The van der Waals surface area contributed by atoms with Crippen LogP contribution in [0.4, 0.5) is 18.9 Å². The molecule has 0 unspecified atom stereocenters. The van der Waals surface area contributed by atoms with Gasteiger partial charge in [0.25, 0.3) is 5.56 Å². The molecule has 0 bridgehead atoms. The molecular weight excluding hydrogens is 315 g/mol. The Bertz CT molecular complexity index is 852. The van der Waals surface area contributed by atoms with Gasteiger partial charge in [-0.2, -0.15) is 13.2 Å². The van der Waals surface area contributed by atoms with Gasteiger partial charge in [-0.3, -0.25) is 9.20 Å². The molecule has 0 aliphatic rings. The largest absolute Gasteiger partial charge is 0.416 e. The maximum Gasteiger partial charge on any atom is 0.416 e. The lowest BCUT2D eigenvalue weighted by Crippen LogP contribution is -2.14. The van der Waals surface area contributed by atoms with Crippen molar-refractivity contribution in [3.05, 3.63) is 63.5 Å². The second-order valence-electron chi connectivity index (χ2n) is 4.57. The fraction of sp³-hybridized carbons (Fsp3) is 0.143. The van der Waals surface area contributed by atoms with Gasteiger partial charge in [0.1, 0.15) is 0 Å². The van der Waals surface area contributed by atoms with Crippen molar-refractivity contribution in [3.63, 3.8) is 0 Å². The number of hydrogen-bond donors (Lipinski definition) is 1. The van der Waals surface area contributed by atoms with Crippen LogP contribution in [0.25, 0.3) is 4.96 Å². The third-order valence-electron chi connectivity index (χ3n) is 3.04. The molecule has 0 atom stereocenters. The summed E-state index contributed by atoms with van der Waals surface area (Å²) in [4.78, 5) is 16.7. The number of hydrogen-bond acceptors (Lipinski definition) is 4. The van der Waals surface area contributed by atoms with Crippen LogP contribution in [0.1, 0.15) is 11.3 Å². The van der Waals surface area contributed by atoms with Gasteiger partial charge < -0.3 is 5.32 Å². The SMILES string of the molecule is O=c1cc(CNc2ccc(C(F)(F)F)cc2)nc2sccn12. The first-order chi connectivity index (χ1) is 10.4. The summed E-state index contributed by atoms with van der Waals surface area (Å²) in [6.45, 7) is 0.259. The number of aromatic nitrogens is 2. The van der Waals surface area contributed by atoms with Gasteiger partial charge in [0.05, 0.1) is 17.8 Å². The Labute approximate surface area is 126 Å². The molecule has 0 aliphatic heterocycles. The van der Waals surface area contributed by atoms with Crippen molar-refractivity contribution in [1.82, 2.24) is 9.38 Å². The van der Waals surface area contributed by atoms with E-state index in [4.69, 9.17) is 0 Å². The van der Waals surface area contributed by atoms with Crippen molar-refractivity contribution < 1.29 is 13.2 Å². The molecule has 1 N–H and O–H groups in total. The van der Waals surface area contributed by atoms with E-state index < -0.39 is 11.7 Å². The van der Waals surface area contributed by atoms with Crippen molar-refractivity contribution in [1.29, 1.82) is 0 Å². The van der Waals surface area contributed by atoms with Crippen molar-refractivity contribution in [3.8, 4) is 0 Å². The van der Waals surface area contributed by atoms with Crippen LogP contribution in [-0.2, 0) is 12.7 Å². The normalized spacial score (nSPS) is 11.8. The number of halogens is 3. The number of alkyl halides is 3. The zero-order valence-corrected chi connectivity index (χ0v) is 11.9. The highest BCUT2D eigenvalue weighted by Gasteiger charge is 2.29. The lowest BCUT2D eigenvalue weighted by Gasteiger charge is -2.09. The minimum Gasteiger partial charge on any atom is -0.379 e. The summed E-state index contributed by atoms with van der Waals surface area (Å²) in [6, 6.07) is 6.11. The molecule has 22 heavy (non-hydrogen) atoms. The van der Waals surface area contributed by atoms with E-state index in [-0.39, 0.29) is 12.1 Å². The molecule has 0 saturated heterocycles. The minimum absolute atomic E-state index is 0.185. The van der Waals surface area contributed by atoms with E-state index in [2.05, 4.69) is 10.3 Å². The number of nitrogens with one attached hydrogen (secondary N) is 1. The van der Waals surface area contributed by atoms with E-state index in [9.17, 15) is 18.0 Å². The van der Waals surface area contributed by atoms with Crippen LogP contribution in [0.3, 0.4) is 0 Å². The van der Waals surface area contributed by atoms with Crippen LogP contribution < -0.4 is 10.9 Å². The van der Waals surface area contributed by atoms with Gasteiger partial charge >= 0.3 is 6.18 Å². The molecular formula is C14H10F3N3OS. The van der Waals surface area contributed by atoms with E-state index in [0.29, 0.717) is 16.3 Å². The summed E-state index contributed by atoms with van der Waals surface area (Å²) < 4.78 is 38.8. The van der Waals surface area contributed by atoms with Crippen LogP contribution >= 0.6 is 11.3 Å². The van der Waals surface area contributed by atoms with Gasteiger partial charge in [-0.15, -0.1) is 11.3 Å². The Morgan fingerprint density at radius 3 is 2.64 bits per heavy atom. The molecule has 0 spiro atoms. The molecule has 3 rings (SSSR count). The fourth-order valence-electron chi connectivity index (χ4n) is 1.95. The van der Waals surface area contributed by atoms with Gasteiger partial charge in [0.15, 0.2) is 4.96 Å². The van der Waals surface area contributed by atoms with Gasteiger partial charge in [-0.25, -0.2) is 4.98 Å². The highest BCUT2D eigenvalue weighted by Crippen LogP contribution is 2.29. The molecule has 2 aromatic heterocycles. The molecule has 1 aromatic carbocycles. The second-order valence-corrected chi connectivity index (χ2v) is 5.44. The Hall–Kier alpha value is -2.35. The molecule has 0 amide bonds. The molecule has 2 heterocycles. The molecule has 0 aliphatic carbocycles. The number of benzene rings is 1. The standard InChI is InChI=1S/C14H10F3N3OS/c15-14(16,17)9-1-3-10(4-2-9)18-8-11-7-12(21)20-5-6-22-13(20)19-11/h1-7,18H,8H2. The van der Waals surface area contributed by atoms with Crippen molar-refractivity contribution in [2.24, 2.45) is 0 Å². The van der Waals surface area contributed by atoms with Crippen LogP contribution in [0.15, 0.2) is 46.7 Å². The first kappa shape index (κ1) is 14.6. The molecule has 0 fully saturated rings. The molecule has 0 radical (unpaired) electrons. The van der Waals surface area contributed by atoms with Crippen LogP contribution in [0, 0.1) is 0 Å². The van der Waals surface area contributed by atoms with E-state index in [1.54, 1.807) is 11.6 Å². The third kappa shape index (κ3) is 2.96. The number of anilines is 1. The topological polar surface area (TPSA) is 46.4 Å². The zero-order valence-electron chi connectivity index (χ0n) is 11.1. The number of nitrogens with zero attached hydrogens (tertiary/aromatic N) is 2. The highest BCUT2D eigenvalue weighted by molar-refractivity contribution is 7.15. The number of thiazole rings is 1. The molecule has 114 valence electrons.